The molecule has 0 amide bonds. The normalized spacial score (nSPS) is 52.0. The Balaban J connectivity index is 1.77. The van der Waals surface area contributed by atoms with Gasteiger partial charge in [-0.2, -0.15) is 0 Å². The van der Waals surface area contributed by atoms with E-state index in [0.29, 0.717) is 19.3 Å². The molecule has 3 fully saturated rings. The van der Waals surface area contributed by atoms with Crippen LogP contribution in [0.15, 0.2) is 11.6 Å². The molecule has 0 aliphatic heterocycles. The molecule has 0 spiro atoms. The molecule has 0 aromatic carbocycles. The molecule has 0 aromatic heterocycles. The Hall–Kier alpha value is -1.00. The van der Waals surface area contributed by atoms with Crippen molar-refractivity contribution in [2.75, 3.05) is 0 Å². The van der Waals surface area contributed by atoms with Gasteiger partial charge in [0.05, 0.1) is 11.7 Å². The summed E-state index contributed by atoms with van der Waals surface area (Å²) in [6.45, 7) is 5.92. The van der Waals surface area contributed by atoms with Crippen LogP contribution >= 0.6 is 0 Å². The highest BCUT2D eigenvalue weighted by atomic mass is 16.3. The molecule has 4 aliphatic carbocycles. The van der Waals surface area contributed by atoms with Crippen molar-refractivity contribution in [3.05, 3.63) is 11.6 Å². The van der Waals surface area contributed by atoms with Crippen LogP contribution in [0.3, 0.4) is 0 Å². The molecular formula is C21H30O4. The highest BCUT2D eigenvalue weighted by Gasteiger charge is 2.68. The molecule has 138 valence electrons. The van der Waals surface area contributed by atoms with E-state index in [4.69, 9.17) is 0 Å². The van der Waals surface area contributed by atoms with Crippen molar-refractivity contribution < 1.29 is 19.8 Å². The van der Waals surface area contributed by atoms with Gasteiger partial charge in [-0.1, -0.05) is 13.8 Å². The van der Waals surface area contributed by atoms with Crippen LogP contribution in [-0.4, -0.2) is 33.5 Å². The standard InChI is InChI=1S/C21H30O4/c1-12(22)14-6-9-21(25)16-11-18(24)17-10-13(23)4-7-19(17,2)15(16)5-8-20(14,21)3/h10,14-16,18,24-25H,4-9,11H2,1-3H3/t14-,15+,16-,18-,19-,20-,21-/m1/s1. The van der Waals surface area contributed by atoms with Gasteiger partial charge in [0, 0.05) is 17.8 Å². The first kappa shape index (κ1) is 17.4. The zero-order valence-electron chi connectivity index (χ0n) is 15.5. The van der Waals surface area contributed by atoms with Gasteiger partial charge in [-0.15, -0.1) is 0 Å². The molecule has 25 heavy (non-hydrogen) atoms. The fraction of sp³-hybridized carbons (Fsp3) is 0.810. The highest BCUT2D eigenvalue weighted by molar-refractivity contribution is 5.92. The topological polar surface area (TPSA) is 74.6 Å². The number of carbonyl (C=O) groups excluding carboxylic acids is 2. The van der Waals surface area contributed by atoms with Crippen LogP contribution in [0.4, 0.5) is 0 Å². The number of aliphatic hydroxyl groups excluding tert-OH is 1. The van der Waals surface area contributed by atoms with Crippen LogP contribution in [0.2, 0.25) is 0 Å². The first-order valence-electron chi connectivity index (χ1n) is 9.79. The molecule has 2 N–H and O–H groups in total. The van der Waals surface area contributed by atoms with E-state index in [2.05, 4.69) is 13.8 Å². The zero-order valence-corrected chi connectivity index (χ0v) is 15.5. The lowest BCUT2D eigenvalue weighted by Crippen LogP contribution is -2.63. The second-order valence-corrected chi connectivity index (χ2v) is 9.53. The molecule has 0 bridgehead atoms. The molecule has 4 aliphatic rings. The van der Waals surface area contributed by atoms with Crippen molar-refractivity contribution in [2.24, 2.45) is 28.6 Å². The van der Waals surface area contributed by atoms with E-state index < -0.39 is 11.7 Å². The molecule has 4 nitrogen and oxygen atoms in total. The number of carbonyl (C=O) groups is 2. The Labute approximate surface area is 149 Å². The third-order valence-corrected chi connectivity index (χ3v) is 8.66. The maximum Gasteiger partial charge on any atom is 0.155 e. The minimum absolute atomic E-state index is 0.000882. The lowest BCUT2D eigenvalue weighted by molar-refractivity contribution is -0.194. The molecule has 0 heterocycles. The van der Waals surface area contributed by atoms with Crippen LogP contribution in [-0.2, 0) is 9.59 Å². The summed E-state index contributed by atoms with van der Waals surface area (Å²) in [5.74, 6) is 0.499. The lowest BCUT2D eigenvalue weighted by atomic mass is 9.44. The van der Waals surface area contributed by atoms with Crippen molar-refractivity contribution in [3.63, 3.8) is 0 Å². The molecule has 3 saturated carbocycles. The van der Waals surface area contributed by atoms with E-state index >= 15 is 0 Å². The smallest absolute Gasteiger partial charge is 0.155 e. The van der Waals surface area contributed by atoms with E-state index in [1.165, 1.54) is 0 Å². The second-order valence-electron chi connectivity index (χ2n) is 9.53. The van der Waals surface area contributed by atoms with E-state index in [1.54, 1.807) is 13.0 Å². The number of hydrogen-bond acceptors (Lipinski definition) is 4. The predicted octanol–water partition coefficient (Wildman–Crippen LogP) is 2.81. The second kappa shape index (κ2) is 5.26. The molecule has 0 saturated heterocycles. The summed E-state index contributed by atoms with van der Waals surface area (Å²) in [4.78, 5) is 24.1. The number of fused-ring (bicyclic) bond motifs is 5. The molecule has 4 rings (SSSR count). The van der Waals surface area contributed by atoms with Crippen LogP contribution in [0.5, 0.6) is 0 Å². The van der Waals surface area contributed by atoms with E-state index in [0.717, 1.165) is 31.3 Å². The Morgan fingerprint density at radius 2 is 1.88 bits per heavy atom. The Morgan fingerprint density at radius 1 is 1.16 bits per heavy atom. The Kier molecular flexibility index (Phi) is 3.66. The van der Waals surface area contributed by atoms with Crippen molar-refractivity contribution >= 4 is 11.6 Å². The van der Waals surface area contributed by atoms with Crippen LogP contribution < -0.4 is 0 Å². The molecule has 0 aromatic rings. The van der Waals surface area contributed by atoms with Gasteiger partial charge >= 0.3 is 0 Å². The van der Waals surface area contributed by atoms with Gasteiger partial charge in [-0.25, -0.2) is 0 Å². The Bertz CT molecular complexity index is 667. The largest absolute Gasteiger partial charge is 0.389 e. The first-order chi connectivity index (χ1) is 11.6. The number of Topliss-reactive ketones (excluding diaryl/α,β-unsaturated/α-hetero) is 1. The molecule has 0 unspecified atom stereocenters. The maximum absolute atomic E-state index is 12.2. The third kappa shape index (κ3) is 2.07. The summed E-state index contributed by atoms with van der Waals surface area (Å²) in [6.07, 6.45) is 6.03. The number of ketones is 2. The van der Waals surface area contributed by atoms with Gasteiger partial charge < -0.3 is 10.2 Å². The van der Waals surface area contributed by atoms with E-state index in [1.807, 2.05) is 0 Å². The first-order valence-corrected chi connectivity index (χ1v) is 9.79. The van der Waals surface area contributed by atoms with E-state index in [9.17, 15) is 19.8 Å². The van der Waals surface area contributed by atoms with Gasteiger partial charge in [-0.05, 0) is 74.3 Å². The molecule has 0 radical (unpaired) electrons. The molecular weight excluding hydrogens is 316 g/mol. The predicted molar refractivity (Wildman–Crippen MR) is 93.7 cm³/mol. The van der Waals surface area contributed by atoms with E-state index in [-0.39, 0.29) is 40.2 Å². The third-order valence-electron chi connectivity index (χ3n) is 8.66. The zero-order chi connectivity index (χ0) is 18.2. The number of rotatable bonds is 1. The summed E-state index contributed by atoms with van der Waals surface area (Å²) >= 11 is 0. The van der Waals surface area contributed by atoms with Gasteiger partial charge in [0.15, 0.2) is 5.78 Å². The average molecular weight is 346 g/mol. The lowest BCUT2D eigenvalue weighted by Gasteiger charge is -2.62. The average Bonchev–Trinajstić information content (AvgIpc) is 2.82. The van der Waals surface area contributed by atoms with Crippen molar-refractivity contribution in [2.45, 2.75) is 77.4 Å². The summed E-state index contributed by atoms with van der Waals surface area (Å²) < 4.78 is 0. The maximum atomic E-state index is 12.2. The summed E-state index contributed by atoms with van der Waals surface area (Å²) in [5.41, 5.74) is -0.592. The minimum Gasteiger partial charge on any atom is -0.389 e. The number of aliphatic hydroxyl groups is 2. The monoisotopic (exact) mass is 346 g/mol. The fourth-order valence-corrected chi connectivity index (χ4v) is 7.21. The van der Waals surface area contributed by atoms with Gasteiger partial charge in [0.1, 0.15) is 5.78 Å². The van der Waals surface area contributed by atoms with Crippen LogP contribution in [0.1, 0.15) is 65.7 Å². The van der Waals surface area contributed by atoms with Crippen LogP contribution in [0, 0.1) is 28.6 Å². The van der Waals surface area contributed by atoms with Crippen molar-refractivity contribution in [3.8, 4) is 0 Å². The molecule has 4 heteroatoms. The SMILES string of the molecule is CC(=O)[C@H]1CC[C@@]2(O)[C@@H]3C[C@@H](O)C4=CC(=O)CC[C@]4(C)[C@H]3CC[C@]12C. The quantitative estimate of drug-likeness (QED) is 0.766. The van der Waals surface area contributed by atoms with Crippen LogP contribution in [0.25, 0.3) is 0 Å². The summed E-state index contributed by atoms with van der Waals surface area (Å²) in [5, 5.41) is 22.6. The Morgan fingerprint density at radius 3 is 2.56 bits per heavy atom. The highest BCUT2D eigenvalue weighted by Crippen LogP contribution is 2.68. The van der Waals surface area contributed by atoms with Gasteiger partial charge in [0.25, 0.3) is 0 Å². The molecule has 7 atom stereocenters. The summed E-state index contributed by atoms with van der Waals surface area (Å²) in [6, 6.07) is 0. The fourth-order valence-electron chi connectivity index (χ4n) is 7.21. The minimum atomic E-state index is -0.886. The summed E-state index contributed by atoms with van der Waals surface area (Å²) in [7, 11) is 0. The van der Waals surface area contributed by atoms with Crippen molar-refractivity contribution in [1.82, 2.24) is 0 Å². The number of hydrogen-bond donors (Lipinski definition) is 2. The van der Waals surface area contributed by atoms with Crippen molar-refractivity contribution in [1.29, 1.82) is 0 Å². The van der Waals surface area contributed by atoms with Gasteiger partial charge in [-0.3, -0.25) is 9.59 Å². The van der Waals surface area contributed by atoms with Gasteiger partial charge in [0.2, 0.25) is 0 Å².